The molecule has 0 bridgehead atoms. The summed E-state index contributed by atoms with van der Waals surface area (Å²) in [6, 6.07) is 4.24. The van der Waals surface area contributed by atoms with Gasteiger partial charge in [0.1, 0.15) is 6.04 Å². The predicted molar refractivity (Wildman–Crippen MR) is 124 cm³/mol. The molecule has 4 rings (SSSR count). The number of hydrogen-bond donors (Lipinski definition) is 1. The minimum atomic E-state index is -3.56. The molecule has 0 aromatic heterocycles. The average molecular weight is 460 g/mol. The number of allylic oxidation sites excluding steroid dienone is 1. The summed E-state index contributed by atoms with van der Waals surface area (Å²) in [4.78, 5) is 27.1. The molecule has 0 unspecified atom stereocenters. The van der Waals surface area contributed by atoms with E-state index in [0.717, 1.165) is 44.1 Å². The molecule has 7 nitrogen and oxygen atoms in total. The number of fused-ring (bicyclic) bond motifs is 1. The second-order valence-corrected chi connectivity index (χ2v) is 11.0. The van der Waals surface area contributed by atoms with Crippen molar-refractivity contribution in [2.45, 2.75) is 75.6 Å². The van der Waals surface area contributed by atoms with Crippen molar-refractivity contribution < 1.29 is 18.0 Å². The topological polar surface area (TPSA) is 86.8 Å². The lowest BCUT2D eigenvalue weighted by atomic mass is 9.97. The molecule has 2 aliphatic heterocycles. The minimum Gasteiger partial charge on any atom is -0.354 e. The summed E-state index contributed by atoms with van der Waals surface area (Å²) in [5, 5.41) is 2.99. The van der Waals surface area contributed by atoms with Gasteiger partial charge in [0.05, 0.1) is 4.90 Å². The largest absolute Gasteiger partial charge is 0.354 e. The maximum absolute atomic E-state index is 13.1. The Morgan fingerprint density at radius 3 is 2.56 bits per heavy atom. The highest BCUT2D eigenvalue weighted by Crippen LogP contribution is 2.35. The second-order valence-electron chi connectivity index (χ2n) is 9.01. The first-order valence-corrected chi connectivity index (χ1v) is 13.2. The van der Waals surface area contributed by atoms with Gasteiger partial charge in [0, 0.05) is 38.7 Å². The van der Waals surface area contributed by atoms with E-state index in [1.54, 1.807) is 22.5 Å². The van der Waals surface area contributed by atoms with E-state index < -0.39 is 16.1 Å². The zero-order chi connectivity index (χ0) is 22.7. The zero-order valence-electron chi connectivity index (χ0n) is 18.8. The van der Waals surface area contributed by atoms with Gasteiger partial charge < -0.3 is 5.32 Å². The van der Waals surface area contributed by atoms with Gasteiger partial charge in [-0.3, -0.25) is 14.5 Å². The predicted octanol–water partition coefficient (Wildman–Crippen LogP) is 3.15. The van der Waals surface area contributed by atoms with E-state index >= 15 is 0 Å². The number of amides is 2. The Morgan fingerprint density at radius 1 is 1.09 bits per heavy atom. The van der Waals surface area contributed by atoms with Gasteiger partial charge in [0.2, 0.25) is 21.8 Å². The summed E-state index contributed by atoms with van der Waals surface area (Å²) in [7, 11) is -3.56. The molecule has 3 aliphatic rings. The number of rotatable bonds is 6. The summed E-state index contributed by atoms with van der Waals surface area (Å²) >= 11 is 0. The Labute approximate surface area is 190 Å². The molecular formula is C24H33N3O4S. The van der Waals surface area contributed by atoms with Gasteiger partial charge in [-0.15, -0.1) is 0 Å². The van der Waals surface area contributed by atoms with Crippen LogP contribution in [0.5, 0.6) is 0 Å². The van der Waals surface area contributed by atoms with Gasteiger partial charge in [0.25, 0.3) is 0 Å². The lowest BCUT2D eigenvalue weighted by Gasteiger charge is -2.26. The molecule has 0 saturated carbocycles. The number of anilines is 1. The van der Waals surface area contributed by atoms with Crippen molar-refractivity contribution in [1.82, 2.24) is 9.62 Å². The summed E-state index contributed by atoms with van der Waals surface area (Å²) in [6.45, 7) is 3.08. The smallest absolute Gasteiger partial charge is 0.243 e. The molecule has 1 aromatic carbocycles. The summed E-state index contributed by atoms with van der Waals surface area (Å²) in [5.41, 5.74) is 2.75. The molecule has 1 atom stereocenters. The van der Waals surface area contributed by atoms with Crippen LogP contribution in [0.4, 0.5) is 5.69 Å². The molecule has 8 heteroatoms. The van der Waals surface area contributed by atoms with Gasteiger partial charge in [0.15, 0.2) is 0 Å². The highest BCUT2D eigenvalue weighted by atomic mass is 32.2. The zero-order valence-corrected chi connectivity index (χ0v) is 19.6. The van der Waals surface area contributed by atoms with Crippen LogP contribution in [-0.2, 0) is 26.0 Å². The van der Waals surface area contributed by atoms with Crippen molar-refractivity contribution in [1.29, 1.82) is 0 Å². The molecule has 174 valence electrons. The molecule has 0 spiro atoms. The normalized spacial score (nSPS) is 21.7. The molecule has 2 amide bonds. The molecule has 1 saturated heterocycles. The van der Waals surface area contributed by atoms with Gasteiger partial charge in [-0.2, -0.15) is 4.31 Å². The van der Waals surface area contributed by atoms with Crippen LogP contribution >= 0.6 is 0 Å². The number of benzene rings is 1. The van der Waals surface area contributed by atoms with Crippen molar-refractivity contribution in [2.75, 3.05) is 24.5 Å². The van der Waals surface area contributed by atoms with E-state index in [1.807, 2.05) is 0 Å². The van der Waals surface area contributed by atoms with Gasteiger partial charge >= 0.3 is 0 Å². The lowest BCUT2D eigenvalue weighted by molar-refractivity contribution is -0.125. The first kappa shape index (κ1) is 23.0. The van der Waals surface area contributed by atoms with E-state index in [2.05, 4.69) is 11.4 Å². The maximum Gasteiger partial charge on any atom is 0.243 e. The van der Waals surface area contributed by atoms with Crippen LogP contribution < -0.4 is 10.2 Å². The summed E-state index contributed by atoms with van der Waals surface area (Å²) in [6.07, 6.45) is 10.9. The Hall–Kier alpha value is -2.19. The Morgan fingerprint density at radius 2 is 1.88 bits per heavy atom. The first-order chi connectivity index (χ1) is 15.4. The molecule has 0 radical (unpaired) electrons. The maximum atomic E-state index is 13.1. The number of nitrogens with zero attached hydrogens (tertiary/aromatic N) is 2. The van der Waals surface area contributed by atoms with Crippen LogP contribution in [0.15, 0.2) is 34.7 Å². The van der Waals surface area contributed by atoms with Crippen molar-refractivity contribution in [3.8, 4) is 0 Å². The van der Waals surface area contributed by atoms with Crippen LogP contribution in [0, 0.1) is 0 Å². The average Bonchev–Trinajstić information content (AvgIpc) is 3.19. The van der Waals surface area contributed by atoms with Gasteiger partial charge in [-0.25, -0.2) is 8.42 Å². The monoisotopic (exact) mass is 459 g/mol. The van der Waals surface area contributed by atoms with Crippen molar-refractivity contribution in [3.63, 3.8) is 0 Å². The van der Waals surface area contributed by atoms with E-state index in [1.165, 1.54) is 30.2 Å². The van der Waals surface area contributed by atoms with Crippen molar-refractivity contribution >= 4 is 27.5 Å². The van der Waals surface area contributed by atoms with Crippen LogP contribution in [0.3, 0.4) is 0 Å². The second kappa shape index (κ2) is 9.75. The number of carbonyl (C=O) groups is 2. The summed E-state index contributed by atoms with van der Waals surface area (Å²) < 4.78 is 27.7. The van der Waals surface area contributed by atoms with E-state index in [-0.39, 0.29) is 16.7 Å². The van der Waals surface area contributed by atoms with Crippen molar-refractivity contribution in [2.24, 2.45) is 0 Å². The van der Waals surface area contributed by atoms with E-state index in [0.29, 0.717) is 31.7 Å². The molecule has 32 heavy (non-hydrogen) atoms. The van der Waals surface area contributed by atoms with Gasteiger partial charge in [-0.05, 0) is 68.7 Å². The Bertz CT molecular complexity index is 1010. The molecule has 1 fully saturated rings. The number of nitrogens with one attached hydrogen (secondary N) is 1. The fourth-order valence-corrected chi connectivity index (χ4v) is 6.61. The lowest BCUT2D eigenvalue weighted by Crippen LogP contribution is -2.47. The quantitative estimate of drug-likeness (QED) is 0.662. The Kier molecular flexibility index (Phi) is 7.00. The molecule has 1 aliphatic carbocycles. The number of carbonyl (C=O) groups excluding carboxylic acids is 2. The van der Waals surface area contributed by atoms with E-state index in [9.17, 15) is 18.0 Å². The van der Waals surface area contributed by atoms with Crippen LogP contribution in [0.25, 0.3) is 0 Å². The fraction of sp³-hybridized carbons (Fsp3) is 0.583. The highest BCUT2D eigenvalue weighted by molar-refractivity contribution is 7.89. The first-order valence-electron chi connectivity index (χ1n) is 11.8. The van der Waals surface area contributed by atoms with Crippen LogP contribution in [0.2, 0.25) is 0 Å². The third-order valence-electron chi connectivity index (χ3n) is 6.76. The van der Waals surface area contributed by atoms with Crippen LogP contribution in [0.1, 0.15) is 63.9 Å². The SMILES string of the molecule is CC(=O)N1c2ccc(S(=O)(=O)N3CCCCC3)cc2C[C@H]1C(=O)NCCC1=CCCCC1. The number of piperidine rings is 1. The molecular weight excluding hydrogens is 426 g/mol. The van der Waals surface area contributed by atoms with E-state index in [4.69, 9.17) is 0 Å². The third kappa shape index (κ3) is 4.76. The number of hydrogen-bond acceptors (Lipinski definition) is 4. The Balaban J connectivity index is 1.48. The minimum absolute atomic E-state index is 0.187. The van der Waals surface area contributed by atoms with Gasteiger partial charge in [-0.1, -0.05) is 18.1 Å². The van der Waals surface area contributed by atoms with Crippen molar-refractivity contribution in [3.05, 3.63) is 35.4 Å². The summed E-state index contributed by atoms with van der Waals surface area (Å²) in [5.74, 6) is -0.404. The highest BCUT2D eigenvalue weighted by Gasteiger charge is 2.38. The molecule has 1 N–H and O–H groups in total. The fourth-order valence-electron chi connectivity index (χ4n) is 5.04. The number of sulfonamides is 1. The molecule has 2 heterocycles. The standard InChI is InChI=1S/C24H33N3O4S/c1-18(28)27-22-11-10-21(32(30,31)26-14-6-3-7-15-26)16-20(22)17-23(27)24(29)25-13-12-19-8-4-2-5-9-19/h8,10-11,16,23H,2-7,9,12-15,17H2,1H3,(H,25,29)/t23-/m0/s1. The van der Waals surface area contributed by atoms with Crippen LogP contribution in [-0.4, -0.2) is 50.2 Å². The third-order valence-corrected chi connectivity index (χ3v) is 8.66. The molecule has 1 aromatic rings.